The van der Waals surface area contributed by atoms with E-state index in [9.17, 15) is 10.2 Å². The van der Waals surface area contributed by atoms with Gasteiger partial charge in [0, 0.05) is 0 Å². The SMILES string of the molecule is CCC(O)(CC)COc1ccc([C@@H](C)O)cc1OC. The second-order valence-electron chi connectivity index (χ2n) is 4.81. The summed E-state index contributed by atoms with van der Waals surface area (Å²) in [6.45, 7) is 5.79. The minimum absolute atomic E-state index is 0.227. The van der Waals surface area contributed by atoms with Crippen LogP contribution in [0.3, 0.4) is 0 Å². The summed E-state index contributed by atoms with van der Waals surface area (Å²) in [4.78, 5) is 0. The van der Waals surface area contributed by atoms with Crippen LogP contribution < -0.4 is 9.47 Å². The highest BCUT2D eigenvalue weighted by Gasteiger charge is 2.23. The fourth-order valence-corrected chi connectivity index (χ4v) is 1.73. The Hall–Kier alpha value is -1.26. The first-order valence-electron chi connectivity index (χ1n) is 6.67. The molecule has 19 heavy (non-hydrogen) atoms. The molecule has 1 aromatic carbocycles. The van der Waals surface area contributed by atoms with E-state index >= 15 is 0 Å². The molecule has 0 aliphatic carbocycles. The molecule has 0 saturated carbocycles. The van der Waals surface area contributed by atoms with Crippen LogP contribution >= 0.6 is 0 Å². The molecule has 0 aromatic heterocycles. The Kier molecular flexibility index (Phi) is 5.63. The molecular formula is C15H24O4. The van der Waals surface area contributed by atoms with E-state index in [1.54, 1.807) is 32.2 Å². The Morgan fingerprint density at radius 1 is 1.21 bits per heavy atom. The van der Waals surface area contributed by atoms with E-state index in [4.69, 9.17) is 9.47 Å². The van der Waals surface area contributed by atoms with E-state index < -0.39 is 11.7 Å². The van der Waals surface area contributed by atoms with Crippen molar-refractivity contribution >= 4 is 0 Å². The molecule has 0 radical (unpaired) electrons. The molecule has 0 spiro atoms. The van der Waals surface area contributed by atoms with Gasteiger partial charge < -0.3 is 19.7 Å². The van der Waals surface area contributed by atoms with Crippen molar-refractivity contribution in [2.75, 3.05) is 13.7 Å². The Labute approximate surface area is 115 Å². The molecule has 0 heterocycles. The van der Waals surface area contributed by atoms with Crippen LogP contribution in [-0.2, 0) is 0 Å². The zero-order valence-electron chi connectivity index (χ0n) is 12.1. The van der Waals surface area contributed by atoms with Gasteiger partial charge in [0.2, 0.25) is 0 Å². The quantitative estimate of drug-likeness (QED) is 0.798. The standard InChI is InChI=1S/C15H24O4/c1-5-15(17,6-2)10-19-13-8-7-12(11(3)16)9-14(13)18-4/h7-9,11,16-17H,5-6,10H2,1-4H3/t11-/m1/s1. The highest BCUT2D eigenvalue weighted by atomic mass is 16.5. The van der Waals surface area contributed by atoms with Crippen molar-refractivity contribution < 1.29 is 19.7 Å². The van der Waals surface area contributed by atoms with E-state index in [0.29, 0.717) is 24.3 Å². The number of ether oxygens (including phenoxy) is 2. The second kappa shape index (κ2) is 6.78. The minimum Gasteiger partial charge on any atom is -0.493 e. The largest absolute Gasteiger partial charge is 0.493 e. The van der Waals surface area contributed by atoms with Crippen molar-refractivity contribution in [2.24, 2.45) is 0 Å². The Morgan fingerprint density at radius 2 is 1.84 bits per heavy atom. The molecule has 1 aromatic rings. The van der Waals surface area contributed by atoms with Crippen molar-refractivity contribution in [1.82, 2.24) is 0 Å². The molecule has 1 rings (SSSR count). The summed E-state index contributed by atoms with van der Waals surface area (Å²) in [6, 6.07) is 5.29. The normalized spacial score (nSPS) is 13.2. The lowest BCUT2D eigenvalue weighted by Crippen LogP contribution is -2.34. The van der Waals surface area contributed by atoms with E-state index in [1.165, 1.54) is 0 Å². The maximum atomic E-state index is 10.2. The molecule has 0 unspecified atom stereocenters. The van der Waals surface area contributed by atoms with Crippen LogP contribution in [0.1, 0.15) is 45.3 Å². The first-order chi connectivity index (χ1) is 8.95. The summed E-state index contributed by atoms with van der Waals surface area (Å²) in [6.07, 6.45) is 0.723. The van der Waals surface area contributed by atoms with Crippen LogP contribution in [0.4, 0.5) is 0 Å². The van der Waals surface area contributed by atoms with Gasteiger partial charge in [-0.15, -0.1) is 0 Å². The zero-order chi connectivity index (χ0) is 14.5. The van der Waals surface area contributed by atoms with Crippen molar-refractivity contribution in [3.05, 3.63) is 23.8 Å². The van der Waals surface area contributed by atoms with Gasteiger partial charge in [-0.25, -0.2) is 0 Å². The predicted octanol–water partition coefficient (Wildman–Crippen LogP) is 2.68. The summed E-state index contributed by atoms with van der Waals surface area (Å²) in [5.41, 5.74) is -0.0426. The lowest BCUT2D eigenvalue weighted by molar-refractivity contribution is -0.0119. The third-order valence-corrected chi connectivity index (χ3v) is 3.48. The number of aliphatic hydroxyl groups excluding tert-OH is 1. The van der Waals surface area contributed by atoms with Crippen LogP contribution in [0.25, 0.3) is 0 Å². The number of hydrogen-bond acceptors (Lipinski definition) is 4. The third-order valence-electron chi connectivity index (χ3n) is 3.48. The highest BCUT2D eigenvalue weighted by molar-refractivity contribution is 5.43. The summed E-state index contributed by atoms with van der Waals surface area (Å²) in [7, 11) is 1.56. The van der Waals surface area contributed by atoms with Gasteiger partial charge in [0.1, 0.15) is 6.61 Å². The average molecular weight is 268 g/mol. The highest BCUT2D eigenvalue weighted by Crippen LogP contribution is 2.31. The second-order valence-corrected chi connectivity index (χ2v) is 4.81. The molecule has 108 valence electrons. The molecule has 1 atom stereocenters. The maximum Gasteiger partial charge on any atom is 0.161 e. The lowest BCUT2D eigenvalue weighted by Gasteiger charge is -2.25. The van der Waals surface area contributed by atoms with Crippen LogP contribution in [0.2, 0.25) is 0 Å². The van der Waals surface area contributed by atoms with Crippen LogP contribution in [0.15, 0.2) is 18.2 Å². The first-order valence-corrected chi connectivity index (χ1v) is 6.67. The monoisotopic (exact) mass is 268 g/mol. The minimum atomic E-state index is -0.812. The predicted molar refractivity (Wildman–Crippen MR) is 74.7 cm³/mol. The number of aliphatic hydroxyl groups is 2. The molecule has 0 saturated heterocycles. The molecule has 4 heteroatoms. The van der Waals surface area contributed by atoms with E-state index in [2.05, 4.69) is 0 Å². The van der Waals surface area contributed by atoms with Crippen molar-refractivity contribution in [3.63, 3.8) is 0 Å². The number of methoxy groups -OCH3 is 1. The van der Waals surface area contributed by atoms with Crippen LogP contribution in [0, 0.1) is 0 Å². The third kappa shape index (κ3) is 4.11. The lowest BCUT2D eigenvalue weighted by atomic mass is 9.99. The first kappa shape index (κ1) is 15.8. The Bertz CT molecular complexity index is 397. The molecule has 0 amide bonds. The molecule has 0 aliphatic heterocycles. The number of hydrogen-bond donors (Lipinski definition) is 2. The maximum absolute atomic E-state index is 10.2. The Morgan fingerprint density at radius 3 is 2.32 bits per heavy atom. The summed E-state index contributed by atoms with van der Waals surface area (Å²) >= 11 is 0. The van der Waals surface area contributed by atoms with E-state index in [0.717, 1.165) is 5.56 Å². The van der Waals surface area contributed by atoms with Gasteiger partial charge in [-0.1, -0.05) is 19.9 Å². The zero-order valence-corrected chi connectivity index (χ0v) is 12.1. The molecule has 0 fully saturated rings. The topological polar surface area (TPSA) is 58.9 Å². The molecular weight excluding hydrogens is 244 g/mol. The average Bonchev–Trinajstić information content (AvgIpc) is 2.44. The van der Waals surface area contributed by atoms with Gasteiger partial charge in [-0.2, -0.15) is 0 Å². The van der Waals surface area contributed by atoms with E-state index in [1.807, 2.05) is 13.8 Å². The van der Waals surface area contributed by atoms with Gasteiger partial charge in [-0.05, 0) is 37.5 Å². The molecule has 4 nitrogen and oxygen atoms in total. The van der Waals surface area contributed by atoms with Crippen molar-refractivity contribution in [2.45, 2.75) is 45.3 Å². The van der Waals surface area contributed by atoms with Gasteiger partial charge in [0.15, 0.2) is 11.5 Å². The fraction of sp³-hybridized carbons (Fsp3) is 0.600. The van der Waals surface area contributed by atoms with E-state index in [-0.39, 0.29) is 6.61 Å². The summed E-state index contributed by atoms with van der Waals surface area (Å²) < 4.78 is 10.9. The van der Waals surface area contributed by atoms with Gasteiger partial charge >= 0.3 is 0 Å². The summed E-state index contributed by atoms with van der Waals surface area (Å²) in [5, 5.41) is 19.7. The Balaban J connectivity index is 2.84. The van der Waals surface area contributed by atoms with Gasteiger partial charge in [0.25, 0.3) is 0 Å². The van der Waals surface area contributed by atoms with Gasteiger partial charge in [-0.3, -0.25) is 0 Å². The molecule has 0 bridgehead atoms. The molecule has 0 aliphatic rings. The number of rotatable bonds is 7. The van der Waals surface area contributed by atoms with Gasteiger partial charge in [0.05, 0.1) is 18.8 Å². The summed E-state index contributed by atoms with van der Waals surface area (Å²) in [5.74, 6) is 1.14. The van der Waals surface area contributed by atoms with Crippen molar-refractivity contribution in [1.29, 1.82) is 0 Å². The smallest absolute Gasteiger partial charge is 0.161 e. The fourth-order valence-electron chi connectivity index (χ4n) is 1.73. The van der Waals surface area contributed by atoms with Crippen LogP contribution in [0.5, 0.6) is 11.5 Å². The van der Waals surface area contributed by atoms with Crippen molar-refractivity contribution in [3.8, 4) is 11.5 Å². The van der Waals surface area contributed by atoms with Crippen LogP contribution in [-0.4, -0.2) is 29.5 Å². The molecule has 2 N–H and O–H groups in total. The number of benzene rings is 1.